The van der Waals surface area contributed by atoms with Gasteiger partial charge in [-0.15, -0.1) is 10.2 Å². The quantitative estimate of drug-likeness (QED) is 0.672. The molecule has 0 radical (unpaired) electrons. The molecule has 0 saturated carbocycles. The van der Waals surface area contributed by atoms with Crippen molar-refractivity contribution in [2.45, 2.75) is 13.3 Å². The van der Waals surface area contributed by atoms with Gasteiger partial charge in [0, 0.05) is 18.2 Å². The number of aldehydes is 1. The van der Waals surface area contributed by atoms with Crippen molar-refractivity contribution in [2.24, 2.45) is 0 Å². The lowest BCUT2D eigenvalue weighted by Gasteiger charge is -2.02. The number of rotatable bonds is 3. The van der Waals surface area contributed by atoms with E-state index in [0.29, 0.717) is 11.2 Å². The molecule has 4 heteroatoms. The summed E-state index contributed by atoms with van der Waals surface area (Å²) in [5.74, 6) is 0.873. The number of carbonyl (C=O) groups excluding carboxylic acids is 1. The van der Waals surface area contributed by atoms with Crippen LogP contribution in [0.1, 0.15) is 27.3 Å². The van der Waals surface area contributed by atoms with Gasteiger partial charge in [-0.05, 0) is 24.6 Å². The average Bonchev–Trinajstić information content (AvgIpc) is 2.81. The summed E-state index contributed by atoms with van der Waals surface area (Å²) < 4.78 is 1.91. The van der Waals surface area contributed by atoms with E-state index in [1.54, 1.807) is 12.1 Å². The lowest BCUT2D eigenvalue weighted by atomic mass is 10.1. The molecule has 0 fully saturated rings. The Morgan fingerprint density at radius 1 is 1.21 bits per heavy atom. The first kappa shape index (κ1) is 11.6. The summed E-state index contributed by atoms with van der Waals surface area (Å²) in [5.41, 5.74) is 3.75. The molecule has 4 nitrogen and oxygen atoms in total. The Morgan fingerprint density at radius 2 is 2.11 bits per heavy atom. The summed E-state index contributed by atoms with van der Waals surface area (Å²) in [6.45, 7) is 2.07. The molecule has 0 aliphatic rings. The molecule has 3 rings (SSSR count). The molecule has 0 aliphatic heterocycles. The van der Waals surface area contributed by atoms with Gasteiger partial charge in [0.05, 0.1) is 0 Å². The van der Waals surface area contributed by atoms with E-state index < -0.39 is 0 Å². The van der Waals surface area contributed by atoms with E-state index in [0.717, 1.165) is 18.5 Å². The zero-order chi connectivity index (χ0) is 13.2. The van der Waals surface area contributed by atoms with Crippen molar-refractivity contribution in [3.05, 3.63) is 65.1 Å². The highest BCUT2D eigenvalue weighted by Crippen LogP contribution is 2.12. The van der Waals surface area contributed by atoms with Crippen LogP contribution in [-0.4, -0.2) is 20.9 Å². The number of carbonyl (C=O) groups is 1. The molecule has 0 amide bonds. The average molecular weight is 251 g/mol. The van der Waals surface area contributed by atoms with Gasteiger partial charge in [0.1, 0.15) is 12.1 Å². The molecule has 0 N–H and O–H groups in total. The molecular formula is C15H13N3O. The molecule has 0 unspecified atom stereocenters. The Bertz CT molecular complexity index is 746. The van der Waals surface area contributed by atoms with Gasteiger partial charge in [-0.25, -0.2) is 0 Å². The molecule has 3 aromatic rings. The topological polar surface area (TPSA) is 47.3 Å². The number of fused-ring (bicyclic) bond motifs is 1. The highest BCUT2D eigenvalue weighted by atomic mass is 16.1. The predicted octanol–water partition coefficient (Wildman–Crippen LogP) is 2.44. The van der Waals surface area contributed by atoms with Crippen LogP contribution >= 0.6 is 0 Å². The van der Waals surface area contributed by atoms with Gasteiger partial charge in [-0.2, -0.15) is 0 Å². The summed E-state index contributed by atoms with van der Waals surface area (Å²) in [6, 6.07) is 11.8. The summed E-state index contributed by atoms with van der Waals surface area (Å²) in [5, 5.41) is 8.29. The number of nitrogens with zero attached hydrogens (tertiary/aromatic N) is 3. The number of aromatic nitrogens is 3. The van der Waals surface area contributed by atoms with E-state index in [1.807, 2.05) is 16.7 Å². The van der Waals surface area contributed by atoms with Crippen LogP contribution < -0.4 is 0 Å². The van der Waals surface area contributed by atoms with Crippen molar-refractivity contribution in [1.82, 2.24) is 14.6 Å². The third kappa shape index (κ3) is 2.25. The highest BCUT2D eigenvalue weighted by Gasteiger charge is 2.07. The van der Waals surface area contributed by atoms with E-state index in [4.69, 9.17) is 0 Å². The monoisotopic (exact) mass is 251 g/mol. The van der Waals surface area contributed by atoms with Gasteiger partial charge in [0.15, 0.2) is 5.65 Å². The second-order valence-electron chi connectivity index (χ2n) is 4.59. The van der Waals surface area contributed by atoms with Crippen molar-refractivity contribution >= 4 is 11.9 Å². The zero-order valence-electron chi connectivity index (χ0n) is 10.6. The molecule has 0 saturated heterocycles. The van der Waals surface area contributed by atoms with E-state index in [2.05, 4.69) is 35.3 Å². The molecule has 2 heterocycles. The number of aryl methyl sites for hydroxylation is 1. The second-order valence-corrected chi connectivity index (χ2v) is 4.59. The Kier molecular flexibility index (Phi) is 2.83. The maximum absolute atomic E-state index is 10.7. The molecule has 1 aromatic carbocycles. The molecule has 94 valence electrons. The Labute approximate surface area is 110 Å². The van der Waals surface area contributed by atoms with Crippen molar-refractivity contribution in [1.29, 1.82) is 0 Å². The van der Waals surface area contributed by atoms with Crippen molar-refractivity contribution in [2.75, 3.05) is 0 Å². The minimum absolute atomic E-state index is 0.613. The van der Waals surface area contributed by atoms with Crippen LogP contribution in [0.5, 0.6) is 0 Å². The fourth-order valence-corrected chi connectivity index (χ4v) is 2.15. The molecular weight excluding hydrogens is 238 g/mol. The largest absolute Gasteiger partial charge is 0.298 e. The number of benzene rings is 1. The molecule has 0 spiro atoms. The first-order valence-electron chi connectivity index (χ1n) is 6.10. The van der Waals surface area contributed by atoms with Gasteiger partial charge < -0.3 is 0 Å². The number of pyridine rings is 1. The normalized spacial score (nSPS) is 10.8. The van der Waals surface area contributed by atoms with Crippen LogP contribution in [0.15, 0.2) is 42.6 Å². The number of hydrogen-bond acceptors (Lipinski definition) is 3. The summed E-state index contributed by atoms with van der Waals surface area (Å²) in [4.78, 5) is 10.7. The fraction of sp³-hybridized carbons (Fsp3) is 0.133. The third-order valence-electron chi connectivity index (χ3n) is 3.09. The van der Waals surface area contributed by atoms with E-state index in [9.17, 15) is 4.79 Å². The van der Waals surface area contributed by atoms with Crippen LogP contribution in [0.2, 0.25) is 0 Å². The van der Waals surface area contributed by atoms with Crippen LogP contribution in [0, 0.1) is 6.92 Å². The minimum atomic E-state index is 0.613. The zero-order valence-corrected chi connectivity index (χ0v) is 10.6. The smallest absolute Gasteiger partial charge is 0.161 e. The molecule has 0 bridgehead atoms. The van der Waals surface area contributed by atoms with Crippen LogP contribution in [-0.2, 0) is 6.42 Å². The molecule has 2 aromatic heterocycles. The van der Waals surface area contributed by atoms with Gasteiger partial charge in [0.25, 0.3) is 0 Å². The highest BCUT2D eigenvalue weighted by molar-refractivity contribution is 5.76. The maximum Gasteiger partial charge on any atom is 0.161 e. The molecule has 0 atom stereocenters. The Balaban J connectivity index is 1.99. The summed E-state index contributed by atoms with van der Waals surface area (Å²) >= 11 is 0. The SMILES string of the molecule is Cc1cccc(Cc2nnc3cc(C=O)ccn23)c1. The maximum atomic E-state index is 10.7. The lowest BCUT2D eigenvalue weighted by molar-refractivity contribution is 0.112. The number of hydrogen-bond donors (Lipinski definition) is 0. The van der Waals surface area contributed by atoms with Crippen LogP contribution in [0.3, 0.4) is 0 Å². The Morgan fingerprint density at radius 3 is 2.89 bits per heavy atom. The van der Waals surface area contributed by atoms with Gasteiger partial charge >= 0.3 is 0 Å². The summed E-state index contributed by atoms with van der Waals surface area (Å²) in [6.07, 6.45) is 3.38. The molecule has 19 heavy (non-hydrogen) atoms. The first-order chi connectivity index (χ1) is 9.26. The van der Waals surface area contributed by atoms with Gasteiger partial charge in [0.2, 0.25) is 0 Å². The molecule has 0 aliphatic carbocycles. The standard InChI is InChI=1S/C15H13N3O/c1-11-3-2-4-12(7-11)8-14-16-17-15-9-13(10-19)5-6-18(14)15/h2-7,9-10H,8H2,1H3. The first-order valence-corrected chi connectivity index (χ1v) is 6.10. The van der Waals surface area contributed by atoms with Crippen LogP contribution in [0.25, 0.3) is 5.65 Å². The van der Waals surface area contributed by atoms with Gasteiger partial charge in [-0.3, -0.25) is 9.20 Å². The fourth-order valence-electron chi connectivity index (χ4n) is 2.15. The van der Waals surface area contributed by atoms with E-state index in [-0.39, 0.29) is 0 Å². The van der Waals surface area contributed by atoms with Gasteiger partial charge in [-0.1, -0.05) is 29.8 Å². The van der Waals surface area contributed by atoms with Crippen LogP contribution in [0.4, 0.5) is 0 Å². The third-order valence-corrected chi connectivity index (χ3v) is 3.09. The second kappa shape index (κ2) is 4.65. The van der Waals surface area contributed by atoms with Crippen molar-refractivity contribution < 1.29 is 4.79 Å². The van der Waals surface area contributed by atoms with Crippen molar-refractivity contribution in [3.8, 4) is 0 Å². The Hall–Kier alpha value is -2.49. The van der Waals surface area contributed by atoms with Crippen molar-refractivity contribution in [3.63, 3.8) is 0 Å². The lowest BCUT2D eigenvalue weighted by Crippen LogP contribution is -1.97. The predicted molar refractivity (Wildman–Crippen MR) is 72.4 cm³/mol. The summed E-state index contributed by atoms with van der Waals surface area (Å²) in [7, 11) is 0. The minimum Gasteiger partial charge on any atom is -0.298 e. The van der Waals surface area contributed by atoms with E-state index in [1.165, 1.54) is 11.1 Å². The van der Waals surface area contributed by atoms with E-state index >= 15 is 0 Å².